The van der Waals surface area contributed by atoms with E-state index in [4.69, 9.17) is 56.8 Å². The van der Waals surface area contributed by atoms with Gasteiger partial charge in [-0.2, -0.15) is 0 Å². The van der Waals surface area contributed by atoms with Crippen LogP contribution in [-0.2, 0) is 56.8 Å². The molecule has 0 aromatic rings. The van der Waals surface area contributed by atoms with Gasteiger partial charge in [0.05, 0.1) is 39.6 Å². The molecule has 0 unspecified atom stereocenters. The highest BCUT2D eigenvalue weighted by Gasteiger charge is 2.58. The van der Waals surface area contributed by atoms with Gasteiger partial charge in [0.1, 0.15) is 146 Å². The summed E-state index contributed by atoms with van der Waals surface area (Å²) in [5.41, 5.74) is 0. The molecule has 30 heteroatoms. The van der Waals surface area contributed by atoms with Crippen LogP contribution in [-0.4, -0.2) is 316 Å². The maximum atomic E-state index is 11.2. The first-order valence-electron chi connectivity index (χ1n) is 21.1. The third-order valence-corrected chi connectivity index (χ3v) is 12.7. The molecule has 22 fully saturated rings. The van der Waals surface area contributed by atoms with Gasteiger partial charge in [0.2, 0.25) is 0 Å². The molecule has 22 aliphatic heterocycles. The first-order chi connectivity index (χ1) is 31.4. The Kier molecular flexibility index (Phi) is 17.6. The second kappa shape index (κ2) is 22.1. The number of rotatable bonds is 6. The van der Waals surface area contributed by atoms with Gasteiger partial charge in [-0.25, -0.2) is 0 Å². The Morgan fingerprint density at radius 3 is 0.409 bits per heavy atom. The van der Waals surface area contributed by atoms with Crippen molar-refractivity contribution in [2.45, 2.75) is 184 Å². The molecule has 0 aliphatic carbocycles. The van der Waals surface area contributed by atoms with E-state index in [9.17, 15) is 91.9 Å². The van der Waals surface area contributed by atoms with Crippen molar-refractivity contribution in [2.75, 3.05) is 39.6 Å². The zero-order valence-corrected chi connectivity index (χ0v) is 34.5. The highest BCUT2D eigenvalue weighted by molar-refractivity contribution is 5.01. The summed E-state index contributed by atoms with van der Waals surface area (Å²) in [6.07, 6.45) is -58.5. The Bertz CT molecular complexity index is 1230. The molecular weight excluding hydrogens is 912 g/mol. The third kappa shape index (κ3) is 10.0. The van der Waals surface area contributed by atoms with Crippen molar-refractivity contribution in [1.29, 1.82) is 0 Å². The van der Waals surface area contributed by atoms with Crippen LogP contribution in [0, 0.1) is 0 Å². The highest BCUT2D eigenvalue weighted by Crippen LogP contribution is 2.38. The van der Waals surface area contributed by atoms with E-state index >= 15 is 0 Å². The summed E-state index contributed by atoms with van der Waals surface area (Å²) in [5.74, 6) is 0. The summed E-state index contributed by atoms with van der Waals surface area (Å²) in [7, 11) is 0. The summed E-state index contributed by atoms with van der Waals surface area (Å²) < 4.78 is 67.9. The van der Waals surface area contributed by atoms with Gasteiger partial charge < -0.3 is 149 Å². The second-order valence-corrected chi connectivity index (χ2v) is 16.8. The van der Waals surface area contributed by atoms with Gasteiger partial charge in [-0.15, -0.1) is 0 Å². The van der Waals surface area contributed by atoms with Crippen molar-refractivity contribution in [2.24, 2.45) is 0 Å². The highest BCUT2D eigenvalue weighted by atomic mass is 16.8. The van der Waals surface area contributed by atoms with Gasteiger partial charge >= 0.3 is 0 Å². The summed E-state index contributed by atoms with van der Waals surface area (Å²) in [5, 5.41) is 196. The monoisotopic (exact) mass is 972 g/mol. The molecule has 12 bridgehead atoms. The molecule has 22 rings (SSSR count). The van der Waals surface area contributed by atoms with E-state index in [2.05, 4.69) is 0 Å². The molecule has 22 saturated heterocycles. The Balaban J connectivity index is 1.19. The molecular formula is C36H60O30. The van der Waals surface area contributed by atoms with Crippen LogP contribution in [0.15, 0.2) is 0 Å². The van der Waals surface area contributed by atoms with Crippen molar-refractivity contribution in [3.05, 3.63) is 0 Å². The van der Waals surface area contributed by atoms with E-state index in [1.54, 1.807) is 0 Å². The second-order valence-electron chi connectivity index (χ2n) is 16.8. The SMILES string of the molecule is OC[C@@H]1O[C@@H]2O[C@H]3[C@H](O)[C@H](O)[C@@H](O[C@H]4[C@@H](O)[C@H](O)[C@@H](O[C@H]5[C@@H](O)[C@H](O)[C@@H](O[C@H]6[C@H](O)[C@@H](O)[C@@H](O[C@H]7[C@H](O)[C@@H](O)[C@@H](O[C@@H]1[C@H](O)[C@H]2O)O[C@H]7CO)O[C@H]6CO)O[C@H]5CO)O[C@H]4CO)O[C@H]3CO. The zero-order valence-electron chi connectivity index (χ0n) is 34.5. The minimum Gasteiger partial charge on any atom is -0.394 e. The maximum absolute atomic E-state index is 11.2. The minimum absolute atomic E-state index is 0.999. The van der Waals surface area contributed by atoms with Crippen molar-refractivity contribution in [3.8, 4) is 0 Å². The van der Waals surface area contributed by atoms with Crippen molar-refractivity contribution in [1.82, 2.24) is 0 Å². The van der Waals surface area contributed by atoms with E-state index in [-0.39, 0.29) is 0 Å². The molecule has 0 spiro atoms. The van der Waals surface area contributed by atoms with Gasteiger partial charge in [-0.05, 0) is 0 Å². The lowest BCUT2D eigenvalue weighted by Gasteiger charge is -2.50. The fraction of sp³-hybridized carbons (Fsp3) is 1.00. The Morgan fingerprint density at radius 1 is 0.182 bits per heavy atom. The van der Waals surface area contributed by atoms with Crippen LogP contribution in [0.3, 0.4) is 0 Å². The average Bonchev–Trinajstić information content (AvgIpc) is 3.31. The first-order valence-corrected chi connectivity index (χ1v) is 21.1. The van der Waals surface area contributed by atoms with Crippen LogP contribution < -0.4 is 0 Å². The van der Waals surface area contributed by atoms with Crippen LogP contribution in [0.5, 0.6) is 0 Å². The molecule has 0 saturated carbocycles. The van der Waals surface area contributed by atoms with Crippen molar-refractivity contribution in [3.63, 3.8) is 0 Å². The molecule has 22 aliphatic rings. The van der Waals surface area contributed by atoms with Gasteiger partial charge in [0, 0.05) is 0 Å². The van der Waals surface area contributed by atoms with E-state index in [1.165, 1.54) is 0 Å². The smallest absolute Gasteiger partial charge is 0.187 e. The van der Waals surface area contributed by atoms with Crippen molar-refractivity contribution >= 4 is 0 Å². The van der Waals surface area contributed by atoms with Gasteiger partial charge in [-0.3, -0.25) is 0 Å². The van der Waals surface area contributed by atoms with E-state index in [0.29, 0.717) is 0 Å². The van der Waals surface area contributed by atoms with Gasteiger partial charge in [0.15, 0.2) is 37.7 Å². The standard InChI is InChI=1S/C36H60O30/c37-1-7-25-13(43)19(49)31(55-7)62-26-8(2-38)57-33(21(51)15(26)45)64-28-10(4-40)59-35(23(53)17(28)47)66-30-12(6-42)60-36(24(54)18(30)48)65-29-11(5-41)58-34(22(52)16(29)46)63-27-9(3-39)56-32(61-25)20(50)14(27)44/h7-54H,1-6H2/t7-,8-,9-,10-,11-,12-,13-,14-,15+,16+,17+,18+,19-,20-,21+,22-,23+,24+,25+,26+,27+,28+,29+,30-,31+,32+,33+,34+,35+,36+/m0/s1. The maximum Gasteiger partial charge on any atom is 0.187 e. The summed E-state index contributed by atoms with van der Waals surface area (Å²) >= 11 is 0. The number of hydrogen-bond donors (Lipinski definition) is 18. The normalized spacial score (nSPS) is 55.4. The van der Waals surface area contributed by atoms with Crippen LogP contribution in [0.2, 0.25) is 0 Å². The lowest BCUT2D eigenvalue weighted by molar-refractivity contribution is -0.404. The molecule has 22 heterocycles. The lowest BCUT2D eigenvalue weighted by atomic mass is 9.94. The molecule has 0 aromatic heterocycles. The number of hydrogen-bond acceptors (Lipinski definition) is 30. The quantitative estimate of drug-likeness (QED) is 0.117. The van der Waals surface area contributed by atoms with E-state index in [1.807, 2.05) is 0 Å². The van der Waals surface area contributed by atoms with Crippen LogP contribution in [0.25, 0.3) is 0 Å². The van der Waals surface area contributed by atoms with Crippen molar-refractivity contribution < 1.29 is 149 Å². The molecule has 30 nitrogen and oxygen atoms in total. The van der Waals surface area contributed by atoms with Gasteiger partial charge in [-0.1, -0.05) is 0 Å². The topological polar surface area (TPSA) is 475 Å². The molecule has 0 amide bonds. The zero-order chi connectivity index (χ0) is 48.0. The fourth-order valence-corrected chi connectivity index (χ4v) is 8.93. The predicted molar refractivity (Wildman–Crippen MR) is 196 cm³/mol. The van der Waals surface area contributed by atoms with E-state index in [0.717, 1.165) is 0 Å². The number of aliphatic hydroxyl groups is 18. The Labute approximate surface area is 372 Å². The largest absolute Gasteiger partial charge is 0.394 e. The average molecular weight is 973 g/mol. The van der Waals surface area contributed by atoms with Gasteiger partial charge in [0.25, 0.3) is 0 Å². The molecule has 0 radical (unpaired) electrons. The molecule has 0 aromatic carbocycles. The Hall–Kier alpha value is -1.20. The summed E-state index contributed by atoms with van der Waals surface area (Å²) in [6, 6.07) is 0. The molecule has 66 heavy (non-hydrogen) atoms. The number of ether oxygens (including phenoxy) is 12. The third-order valence-electron chi connectivity index (χ3n) is 12.7. The first kappa shape index (κ1) is 52.6. The Morgan fingerprint density at radius 2 is 0.303 bits per heavy atom. The van der Waals surface area contributed by atoms with Crippen LogP contribution in [0.4, 0.5) is 0 Å². The summed E-state index contributed by atoms with van der Waals surface area (Å²) in [4.78, 5) is 0. The summed E-state index contributed by atoms with van der Waals surface area (Å²) in [6.45, 7) is -5.99. The predicted octanol–water partition coefficient (Wildman–Crippen LogP) is -13.1. The van der Waals surface area contributed by atoms with Crippen LogP contribution >= 0.6 is 0 Å². The molecule has 30 atom stereocenters. The minimum atomic E-state index is -2.15. The van der Waals surface area contributed by atoms with E-state index < -0.39 is 224 Å². The molecule has 18 N–H and O–H groups in total. The fourth-order valence-electron chi connectivity index (χ4n) is 8.93. The van der Waals surface area contributed by atoms with Crippen LogP contribution in [0.1, 0.15) is 0 Å². The lowest BCUT2D eigenvalue weighted by Crippen LogP contribution is -2.69. The molecule has 384 valence electrons. The number of aliphatic hydroxyl groups excluding tert-OH is 18.